The van der Waals surface area contributed by atoms with Gasteiger partial charge in [-0.25, -0.2) is 8.78 Å². The second-order valence-corrected chi connectivity index (χ2v) is 6.91. The van der Waals surface area contributed by atoms with E-state index >= 15 is 0 Å². The molecule has 142 valence electrons. The molecule has 4 nitrogen and oxygen atoms in total. The van der Waals surface area contributed by atoms with Gasteiger partial charge in [0.2, 0.25) is 0 Å². The number of fused-ring (bicyclic) bond motifs is 1. The van der Waals surface area contributed by atoms with Crippen LogP contribution in [0, 0.1) is 17.6 Å². The Labute approximate surface area is 156 Å². The van der Waals surface area contributed by atoms with Gasteiger partial charge in [-0.05, 0) is 41.8 Å². The van der Waals surface area contributed by atoms with E-state index in [9.17, 15) is 13.6 Å². The van der Waals surface area contributed by atoms with Crippen molar-refractivity contribution in [2.45, 2.75) is 25.3 Å². The van der Waals surface area contributed by atoms with E-state index in [1.54, 1.807) is 6.92 Å². The fraction of sp³-hybridized carbons (Fsp3) is 0.381. The lowest BCUT2D eigenvalue weighted by molar-refractivity contribution is -0.148. The van der Waals surface area contributed by atoms with Crippen molar-refractivity contribution in [3.8, 4) is 5.75 Å². The van der Waals surface area contributed by atoms with Gasteiger partial charge in [-0.15, -0.1) is 0 Å². The van der Waals surface area contributed by atoms with Crippen molar-refractivity contribution in [2.24, 2.45) is 5.92 Å². The van der Waals surface area contributed by atoms with Crippen molar-refractivity contribution in [1.82, 2.24) is 5.32 Å². The molecule has 3 atom stereocenters. The van der Waals surface area contributed by atoms with Crippen molar-refractivity contribution in [3.05, 3.63) is 64.7 Å². The average molecular weight is 373 g/mol. The van der Waals surface area contributed by atoms with E-state index in [2.05, 4.69) is 11.4 Å². The summed E-state index contributed by atoms with van der Waals surface area (Å²) in [5.74, 6) is -1.91. The number of nitrogens with one attached hydrogen (secondary N) is 1. The summed E-state index contributed by atoms with van der Waals surface area (Å²) in [4.78, 5) is 12.7. The van der Waals surface area contributed by atoms with Gasteiger partial charge in [-0.3, -0.25) is 4.79 Å². The summed E-state index contributed by atoms with van der Waals surface area (Å²) < 4.78 is 37.9. The van der Waals surface area contributed by atoms with Crippen LogP contribution in [0.5, 0.6) is 5.75 Å². The van der Waals surface area contributed by atoms with E-state index in [1.165, 1.54) is 6.07 Å². The summed E-state index contributed by atoms with van der Waals surface area (Å²) in [7, 11) is 0. The molecule has 2 aliphatic rings. The van der Waals surface area contributed by atoms with Crippen LogP contribution in [0.15, 0.2) is 36.4 Å². The lowest BCUT2D eigenvalue weighted by Gasteiger charge is -2.23. The summed E-state index contributed by atoms with van der Waals surface area (Å²) in [5.41, 5.74) is 2.69. The highest BCUT2D eigenvalue weighted by Crippen LogP contribution is 2.42. The van der Waals surface area contributed by atoms with Crippen LogP contribution in [0.1, 0.15) is 35.6 Å². The van der Waals surface area contributed by atoms with E-state index in [0.29, 0.717) is 18.7 Å². The van der Waals surface area contributed by atoms with Gasteiger partial charge in [0.15, 0.2) is 11.6 Å². The number of carbonyl (C=O) groups is 1. The Kier molecular flexibility index (Phi) is 4.83. The first-order valence-electron chi connectivity index (χ1n) is 9.19. The maximum atomic E-state index is 13.7. The number of carbonyl (C=O) groups excluding carboxylic acids is 1. The number of ether oxygens (including phenoxy) is 2. The molecule has 2 aromatic carbocycles. The molecule has 0 aliphatic carbocycles. The van der Waals surface area contributed by atoms with Gasteiger partial charge >= 0.3 is 5.97 Å². The number of esters is 1. The van der Waals surface area contributed by atoms with Crippen molar-refractivity contribution in [2.75, 3.05) is 19.8 Å². The third-order valence-corrected chi connectivity index (χ3v) is 5.35. The zero-order valence-corrected chi connectivity index (χ0v) is 15.0. The summed E-state index contributed by atoms with van der Waals surface area (Å²) in [6, 6.07) is 9.30. The molecule has 2 heterocycles. The zero-order chi connectivity index (χ0) is 19.0. The molecule has 4 rings (SSSR count). The normalized spacial score (nSPS) is 23.7. The first-order valence-corrected chi connectivity index (χ1v) is 9.19. The molecule has 6 heteroatoms. The maximum absolute atomic E-state index is 13.7. The van der Waals surface area contributed by atoms with E-state index in [0.717, 1.165) is 35.4 Å². The second kappa shape index (κ2) is 7.27. The fourth-order valence-electron chi connectivity index (χ4n) is 4.07. The lowest BCUT2D eigenvalue weighted by Crippen LogP contribution is -2.27. The summed E-state index contributed by atoms with van der Waals surface area (Å²) >= 11 is 0. The molecule has 0 aromatic heterocycles. The number of hydrogen-bond acceptors (Lipinski definition) is 4. The summed E-state index contributed by atoms with van der Waals surface area (Å²) in [6.07, 6.45) is 0.847. The fourth-order valence-corrected chi connectivity index (χ4v) is 4.07. The molecule has 0 bridgehead atoms. The van der Waals surface area contributed by atoms with Crippen molar-refractivity contribution < 1.29 is 23.0 Å². The van der Waals surface area contributed by atoms with Gasteiger partial charge in [0.05, 0.1) is 19.1 Å². The lowest BCUT2D eigenvalue weighted by atomic mass is 9.82. The molecule has 2 aliphatic heterocycles. The average Bonchev–Trinajstić information content (AvgIpc) is 3.30. The van der Waals surface area contributed by atoms with Crippen LogP contribution in [0.4, 0.5) is 8.78 Å². The van der Waals surface area contributed by atoms with Crippen LogP contribution in [0.25, 0.3) is 0 Å². The Morgan fingerprint density at radius 3 is 2.78 bits per heavy atom. The van der Waals surface area contributed by atoms with Crippen molar-refractivity contribution in [3.63, 3.8) is 0 Å². The minimum atomic E-state index is -0.921. The largest absolute Gasteiger partial charge is 0.493 e. The summed E-state index contributed by atoms with van der Waals surface area (Å²) in [5, 5.41) is 3.30. The van der Waals surface area contributed by atoms with Crippen LogP contribution < -0.4 is 10.1 Å². The maximum Gasteiger partial charge on any atom is 0.311 e. The smallest absolute Gasteiger partial charge is 0.311 e. The van der Waals surface area contributed by atoms with Crippen LogP contribution >= 0.6 is 0 Å². The van der Waals surface area contributed by atoms with E-state index in [4.69, 9.17) is 9.47 Å². The topological polar surface area (TPSA) is 47.6 Å². The quantitative estimate of drug-likeness (QED) is 0.834. The molecule has 1 fully saturated rings. The number of halogens is 2. The SMILES string of the molecule is CCOC(=O)[C@@H]1[C@@H](c2ccc3c(c2)CCO3)CN[C@H]1c1ccc(F)c(F)c1. The third kappa shape index (κ3) is 3.30. The highest BCUT2D eigenvalue weighted by molar-refractivity contribution is 5.76. The molecule has 1 N–H and O–H groups in total. The van der Waals surface area contributed by atoms with E-state index in [-0.39, 0.29) is 18.5 Å². The van der Waals surface area contributed by atoms with Gasteiger partial charge in [-0.1, -0.05) is 18.2 Å². The minimum Gasteiger partial charge on any atom is -0.493 e. The number of benzene rings is 2. The van der Waals surface area contributed by atoms with E-state index < -0.39 is 23.6 Å². The Hall–Kier alpha value is -2.47. The van der Waals surface area contributed by atoms with Gasteiger partial charge in [-0.2, -0.15) is 0 Å². The highest BCUT2D eigenvalue weighted by Gasteiger charge is 2.43. The predicted molar refractivity (Wildman–Crippen MR) is 95.6 cm³/mol. The first-order chi connectivity index (χ1) is 13.1. The Morgan fingerprint density at radius 2 is 2.00 bits per heavy atom. The molecule has 2 aromatic rings. The first kappa shape index (κ1) is 17.9. The Bertz CT molecular complexity index is 871. The minimum absolute atomic E-state index is 0.118. The van der Waals surface area contributed by atoms with Crippen LogP contribution in [-0.2, 0) is 16.0 Å². The standard InChI is InChI=1S/C21H21F2NO3/c1-2-26-21(25)19-15(12-4-6-18-13(9-12)7-8-27-18)11-24-20(19)14-3-5-16(22)17(23)10-14/h3-6,9-10,15,19-20,24H,2,7-8,11H2,1H3/t15-,19-,20+/m1/s1. The Morgan fingerprint density at radius 1 is 1.19 bits per heavy atom. The van der Waals surface area contributed by atoms with Gasteiger partial charge in [0, 0.05) is 24.9 Å². The van der Waals surface area contributed by atoms with Crippen molar-refractivity contribution in [1.29, 1.82) is 0 Å². The van der Waals surface area contributed by atoms with Gasteiger partial charge in [0.1, 0.15) is 5.75 Å². The second-order valence-electron chi connectivity index (χ2n) is 6.91. The molecule has 27 heavy (non-hydrogen) atoms. The molecule has 0 amide bonds. The Balaban J connectivity index is 1.69. The monoisotopic (exact) mass is 373 g/mol. The highest BCUT2D eigenvalue weighted by atomic mass is 19.2. The van der Waals surface area contributed by atoms with Crippen LogP contribution in [0.3, 0.4) is 0 Å². The molecular weight excluding hydrogens is 352 g/mol. The molecule has 1 saturated heterocycles. The molecule has 0 unspecified atom stereocenters. The van der Waals surface area contributed by atoms with Crippen LogP contribution in [0.2, 0.25) is 0 Å². The van der Waals surface area contributed by atoms with Gasteiger partial charge in [0.25, 0.3) is 0 Å². The summed E-state index contributed by atoms with van der Waals surface area (Å²) in [6.45, 7) is 3.24. The number of rotatable bonds is 4. The molecule has 0 saturated carbocycles. The predicted octanol–water partition coefficient (Wildman–Crippen LogP) is 3.51. The third-order valence-electron chi connectivity index (χ3n) is 5.35. The molecule has 0 spiro atoms. The van der Waals surface area contributed by atoms with Crippen molar-refractivity contribution >= 4 is 5.97 Å². The van der Waals surface area contributed by atoms with Crippen LogP contribution in [-0.4, -0.2) is 25.7 Å². The van der Waals surface area contributed by atoms with Gasteiger partial charge < -0.3 is 14.8 Å². The zero-order valence-electron chi connectivity index (χ0n) is 15.0. The van der Waals surface area contributed by atoms with E-state index in [1.807, 2.05) is 12.1 Å². The molecular formula is C21H21F2NO3. The molecule has 0 radical (unpaired) electrons. The number of hydrogen-bond donors (Lipinski definition) is 1.